The van der Waals surface area contributed by atoms with E-state index >= 15 is 0 Å². The molecule has 38 heavy (non-hydrogen) atoms. The summed E-state index contributed by atoms with van der Waals surface area (Å²) in [6, 6.07) is 16.6. The lowest BCUT2D eigenvalue weighted by atomic mass is 9.85. The topological polar surface area (TPSA) is 84.9 Å². The van der Waals surface area contributed by atoms with Crippen LogP contribution in [0.25, 0.3) is 0 Å². The lowest BCUT2D eigenvalue weighted by Crippen LogP contribution is -2.32. The summed E-state index contributed by atoms with van der Waals surface area (Å²) in [7, 11) is 1.42. The number of amides is 2. The van der Waals surface area contributed by atoms with Crippen LogP contribution >= 0.6 is 23.2 Å². The Balaban J connectivity index is 1.52. The molecule has 0 aliphatic carbocycles. The Hall–Kier alpha value is -3.81. The first-order chi connectivity index (χ1) is 17.9. The van der Waals surface area contributed by atoms with Crippen molar-refractivity contribution in [3.8, 4) is 11.5 Å². The van der Waals surface area contributed by atoms with Crippen molar-refractivity contribution >= 4 is 52.4 Å². The number of imide groups is 1. The summed E-state index contributed by atoms with van der Waals surface area (Å²) in [5.41, 5.74) is 2.62. The van der Waals surface area contributed by atoms with Gasteiger partial charge in [-0.05, 0) is 60.9 Å². The van der Waals surface area contributed by atoms with E-state index in [1.165, 1.54) is 13.2 Å². The molecule has 0 saturated carbocycles. The number of methoxy groups -OCH3 is 1. The molecule has 0 fully saturated rings. The van der Waals surface area contributed by atoms with Gasteiger partial charge in [-0.2, -0.15) is 0 Å². The van der Waals surface area contributed by atoms with Gasteiger partial charge in [0.15, 0.2) is 0 Å². The fraction of sp³-hybridized carbons (Fsp3) is 0.207. The van der Waals surface area contributed by atoms with E-state index < -0.39 is 17.8 Å². The minimum Gasteiger partial charge on any atom is -0.495 e. The average molecular weight is 553 g/mol. The van der Waals surface area contributed by atoms with Crippen LogP contribution in [0.15, 0.2) is 71.4 Å². The third-order valence-corrected chi connectivity index (χ3v) is 6.53. The largest absolute Gasteiger partial charge is 0.495 e. The highest BCUT2D eigenvalue weighted by molar-refractivity contribution is 6.53. The summed E-state index contributed by atoms with van der Waals surface area (Å²) < 4.78 is 11.0. The molecule has 0 spiro atoms. The van der Waals surface area contributed by atoms with Crippen molar-refractivity contribution in [2.75, 3.05) is 17.3 Å². The lowest BCUT2D eigenvalue weighted by Gasteiger charge is -2.22. The molecule has 1 heterocycles. The minimum absolute atomic E-state index is 0.108. The number of nitrogens with one attached hydrogen (secondary N) is 1. The molecule has 0 unspecified atom stereocenters. The second-order valence-corrected chi connectivity index (χ2v) is 10.6. The second-order valence-electron chi connectivity index (χ2n) is 9.79. The molecule has 0 saturated heterocycles. The zero-order valence-electron chi connectivity index (χ0n) is 21.5. The van der Waals surface area contributed by atoms with Crippen molar-refractivity contribution in [1.82, 2.24) is 0 Å². The number of halogens is 2. The predicted octanol–water partition coefficient (Wildman–Crippen LogP) is 6.61. The Morgan fingerprint density at radius 1 is 0.895 bits per heavy atom. The van der Waals surface area contributed by atoms with Gasteiger partial charge in [0.25, 0.3) is 11.8 Å². The molecule has 4 rings (SSSR count). The van der Waals surface area contributed by atoms with E-state index in [4.69, 9.17) is 32.7 Å². The van der Waals surface area contributed by atoms with E-state index in [1.807, 2.05) is 19.1 Å². The van der Waals surface area contributed by atoms with Crippen molar-refractivity contribution < 1.29 is 23.9 Å². The molecule has 1 N–H and O–H groups in total. The number of aryl methyl sites for hydroxylation is 1. The number of carbonyl (C=O) groups is 3. The Bertz CT molecular complexity index is 1470. The quantitative estimate of drug-likeness (QED) is 0.210. The fourth-order valence-electron chi connectivity index (χ4n) is 3.98. The van der Waals surface area contributed by atoms with Crippen LogP contribution in [0.2, 0.25) is 5.02 Å². The first kappa shape index (κ1) is 27.2. The summed E-state index contributed by atoms with van der Waals surface area (Å²) in [5, 5.41) is 2.92. The van der Waals surface area contributed by atoms with Crippen LogP contribution in [0.4, 0.5) is 11.4 Å². The molecule has 7 nitrogen and oxygen atoms in total. The van der Waals surface area contributed by atoms with Crippen LogP contribution in [0.1, 0.15) is 42.3 Å². The van der Waals surface area contributed by atoms with Crippen LogP contribution < -0.4 is 19.7 Å². The molecule has 1 aliphatic heterocycles. The maximum Gasteiger partial charge on any atom is 0.343 e. The Morgan fingerprint density at radius 2 is 1.55 bits per heavy atom. The van der Waals surface area contributed by atoms with Gasteiger partial charge in [-0.1, -0.05) is 61.7 Å². The normalized spacial score (nSPS) is 13.7. The molecule has 0 radical (unpaired) electrons. The molecule has 2 amide bonds. The van der Waals surface area contributed by atoms with Crippen LogP contribution in [-0.2, 0) is 15.0 Å². The number of nitrogens with zero attached hydrogens (tertiary/aromatic N) is 1. The number of ether oxygens (including phenoxy) is 2. The van der Waals surface area contributed by atoms with Crippen molar-refractivity contribution in [3.05, 3.63) is 93.1 Å². The van der Waals surface area contributed by atoms with Gasteiger partial charge in [-0.15, -0.1) is 0 Å². The smallest absolute Gasteiger partial charge is 0.343 e. The SMILES string of the molecule is COc1ccc(Cl)cc1N1C(=O)C(Cl)=C(Nc2ccc(C(=O)Oc3ccc(C)cc3C(C)(C)C)cc2)C1=O. The van der Waals surface area contributed by atoms with Gasteiger partial charge >= 0.3 is 5.97 Å². The summed E-state index contributed by atoms with van der Waals surface area (Å²) in [4.78, 5) is 39.8. The molecule has 9 heteroatoms. The molecule has 3 aromatic rings. The van der Waals surface area contributed by atoms with Crippen LogP contribution in [0, 0.1) is 6.92 Å². The fourth-order valence-corrected chi connectivity index (χ4v) is 4.36. The molecule has 0 atom stereocenters. The van der Waals surface area contributed by atoms with E-state index in [2.05, 4.69) is 26.1 Å². The number of hydrogen-bond acceptors (Lipinski definition) is 6. The first-order valence-electron chi connectivity index (χ1n) is 11.7. The highest BCUT2D eigenvalue weighted by Crippen LogP contribution is 2.37. The molecule has 0 bridgehead atoms. The molecule has 3 aromatic carbocycles. The lowest BCUT2D eigenvalue weighted by molar-refractivity contribution is -0.120. The number of carbonyl (C=O) groups excluding carboxylic acids is 3. The molecular formula is C29H26Cl2N2O5. The minimum atomic E-state index is -0.715. The van der Waals surface area contributed by atoms with Gasteiger partial charge in [0, 0.05) is 16.3 Å². The van der Waals surface area contributed by atoms with E-state index in [1.54, 1.807) is 42.5 Å². The van der Waals surface area contributed by atoms with Gasteiger partial charge in [-0.3, -0.25) is 9.59 Å². The number of anilines is 2. The number of rotatable bonds is 6. The molecule has 196 valence electrons. The summed E-state index contributed by atoms with van der Waals surface area (Å²) in [6.45, 7) is 8.15. The van der Waals surface area contributed by atoms with Gasteiger partial charge in [-0.25, -0.2) is 9.69 Å². The van der Waals surface area contributed by atoms with Crippen molar-refractivity contribution in [1.29, 1.82) is 0 Å². The second kappa shape index (κ2) is 10.5. The predicted molar refractivity (Wildman–Crippen MR) is 148 cm³/mol. The zero-order valence-corrected chi connectivity index (χ0v) is 23.0. The third kappa shape index (κ3) is 5.39. The standard InChI is InChI=1S/C29H26Cl2N2O5/c1-16-6-12-22(20(14-16)29(2,3)4)38-28(36)17-7-10-19(11-8-17)32-25-24(31)26(34)33(27(25)35)21-15-18(30)9-13-23(21)37-5/h6-15,32H,1-5H3. The molecule has 1 aliphatic rings. The summed E-state index contributed by atoms with van der Waals surface area (Å²) in [6.07, 6.45) is 0. The van der Waals surface area contributed by atoms with E-state index in [-0.39, 0.29) is 27.6 Å². The Morgan fingerprint density at radius 3 is 2.18 bits per heavy atom. The van der Waals surface area contributed by atoms with Crippen molar-refractivity contribution in [2.45, 2.75) is 33.1 Å². The first-order valence-corrected chi connectivity index (χ1v) is 12.5. The number of benzene rings is 3. The zero-order chi connectivity index (χ0) is 27.8. The maximum atomic E-state index is 13.2. The van der Waals surface area contributed by atoms with Crippen molar-refractivity contribution in [3.63, 3.8) is 0 Å². The monoisotopic (exact) mass is 552 g/mol. The Labute approximate surface area is 230 Å². The highest BCUT2D eigenvalue weighted by atomic mass is 35.5. The van der Waals surface area contributed by atoms with Gasteiger partial charge in [0.1, 0.15) is 22.2 Å². The Kier molecular flexibility index (Phi) is 7.54. The van der Waals surface area contributed by atoms with Crippen LogP contribution in [0.5, 0.6) is 11.5 Å². The van der Waals surface area contributed by atoms with E-state index in [0.29, 0.717) is 22.0 Å². The van der Waals surface area contributed by atoms with Crippen molar-refractivity contribution in [2.24, 2.45) is 0 Å². The highest BCUT2D eigenvalue weighted by Gasteiger charge is 2.40. The number of hydrogen-bond donors (Lipinski definition) is 1. The number of esters is 1. The van der Waals surface area contributed by atoms with Crippen LogP contribution in [-0.4, -0.2) is 24.9 Å². The molecule has 0 aromatic heterocycles. The van der Waals surface area contributed by atoms with Gasteiger partial charge in [0.2, 0.25) is 0 Å². The summed E-state index contributed by atoms with van der Waals surface area (Å²) in [5.74, 6) is -1.12. The van der Waals surface area contributed by atoms with Crippen LogP contribution in [0.3, 0.4) is 0 Å². The summed E-state index contributed by atoms with van der Waals surface area (Å²) >= 11 is 12.3. The van der Waals surface area contributed by atoms with Gasteiger partial charge < -0.3 is 14.8 Å². The third-order valence-electron chi connectivity index (χ3n) is 5.94. The van der Waals surface area contributed by atoms with E-state index in [0.717, 1.165) is 16.0 Å². The average Bonchev–Trinajstić information content (AvgIpc) is 3.07. The molecular weight excluding hydrogens is 527 g/mol. The maximum absolute atomic E-state index is 13.2. The van der Waals surface area contributed by atoms with Gasteiger partial charge in [0.05, 0.1) is 18.4 Å². The van der Waals surface area contributed by atoms with E-state index in [9.17, 15) is 14.4 Å².